The molecule has 0 spiro atoms. The fraction of sp³-hybridized carbons (Fsp3) is 1.00. The van der Waals surface area contributed by atoms with Crippen LogP contribution in [-0.2, 0) is 0 Å². The van der Waals surface area contributed by atoms with E-state index >= 15 is 0 Å². The predicted molar refractivity (Wildman–Crippen MR) is 58.3 cm³/mol. The minimum atomic E-state index is 0.801. The van der Waals surface area contributed by atoms with Crippen LogP contribution in [0.3, 0.4) is 0 Å². The molecule has 0 radical (unpaired) electrons. The monoisotopic (exact) mass is 194 g/mol. The lowest BCUT2D eigenvalue weighted by Gasteiger charge is -2.39. The number of rotatable bonds is 3. The van der Waals surface area contributed by atoms with E-state index < -0.39 is 0 Å². The van der Waals surface area contributed by atoms with Gasteiger partial charge in [-0.25, -0.2) is 0 Å². The smallest absolute Gasteiger partial charge is 0.0108 e. The molecule has 2 nitrogen and oxygen atoms in total. The Kier molecular flexibility index (Phi) is 2.29. The normalized spacial score (nSPS) is 32.6. The number of nitrogens with one attached hydrogen (secondary N) is 1. The fourth-order valence-electron chi connectivity index (χ4n) is 3.19. The molecule has 0 aromatic rings. The predicted octanol–water partition coefficient (Wildman–Crippen LogP) is 1.47. The molecule has 80 valence electrons. The van der Waals surface area contributed by atoms with E-state index in [0.717, 1.165) is 11.3 Å². The van der Waals surface area contributed by atoms with E-state index in [2.05, 4.69) is 10.2 Å². The molecule has 1 saturated heterocycles. The lowest BCUT2D eigenvalue weighted by Crippen LogP contribution is -2.47. The van der Waals surface area contributed by atoms with Crippen molar-refractivity contribution >= 4 is 0 Å². The lowest BCUT2D eigenvalue weighted by molar-refractivity contribution is 0.113. The van der Waals surface area contributed by atoms with Crippen LogP contribution in [0.25, 0.3) is 0 Å². The molecule has 0 amide bonds. The molecule has 3 rings (SSSR count). The maximum atomic E-state index is 3.44. The van der Waals surface area contributed by atoms with E-state index in [0.29, 0.717) is 0 Å². The van der Waals surface area contributed by atoms with Crippen molar-refractivity contribution in [3.8, 4) is 0 Å². The second-order valence-electron chi connectivity index (χ2n) is 5.52. The third-order valence-corrected chi connectivity index (χ3v) is 4.61. The van der Waals surface area contributed by atoms with Crippen molar-refractivity contribution in [1.82, 2.24) is 10.2 Å². The van der Waals surface area contributed by atoms with Crippen molar-refractivity contribution in [1.29, 1.82) is 0 Å². The Morgan fingerprint density at radius 3 is 2.36 bits per heavy atom. The van der Waals surface area contributed by atoms with Crippen LogP contribution in [0.1, 0.15) is 32.1 Å². The second-order valence-corrected chi connectivity index (χ2v) is 5.52. The maximum absolute atomic E-state index is 3.44. The van der Waals surface area contributed by atoms with Crippen LogP contribution in [0, 0.1) is 11.3 Å². The van der Waals surface area contributed by atoms with Crippen molar-refractivity contribution in [3.05, 3.63) is 0 Å². The van der Waals surface area contributed by atoms with Crippen molar-refractivity contribution in [2.45, 2.75) is 32.1 Å². The lowest BCUT2D eigenvalue weighted by atomic mass is 9.73. The Morgan fingerprint density at radius 1 is 1.14 bits per heavy atom. The Morgan fingerprint density at radius 2 is 1.86 bits per heavy atom. The van der Waals surface area contributed by atoms with E-state index in [9.17, 15) is 0 Å². The topological polar surface area (TPSA) is 15.3 Å². The molecule has 2 saturated carbocycles. The van der Waals surface area contributed by atoms with E-state index in [1.807, 2.05) is 0 Å². The molecule has 0 atom stereocenters. The van der Waals surface area contributed by atoms with Crippen LogP contribution in [0.5, 0.6) is 0 Å². The van der Waals surface area contributed by atoms with Gasteiger partial charge in [-0.05, 0) is 37.0 Å². The van der Waals surface area contributed by atoms with Crippen molar-refractivity contribution in [2.75, 3.05) is 32.7 Å². The van der Waals surface area contributed by atoms with Crippen LogP contribution < -0.4 is 5.32 Å². The Bertz CT molecular complexity index is 200. The second kappa shape index (κ2) is 3.49. The first-order valence-electron chi connectivity index (χ1n) is 6.32. The van der Waals surface area contributed by atoms with Crippen molar-refractivity contribution in [3.63, 3.8) is 0 Å². The van der Waals surface area contributed by atoms with Gasteiger partial charge in [0, 0.05) is 32.7 Å². The highest BCUT2D eigenvalue weighted by molar-refractivity contribution is 5.03. The summed E-state index contributed by atoms with van der Waals surface area (Å²) in [6, 6.07) is 0. The zero-order valence-corrected chi connectivity index (χ0v) is 9.10. The first-order valence-corrected chi connectivity index (χ1v) is 6.32. The first-order chi connectivity index (χ1) is 6.89. The molecular weight excluding hydrogens is 172 g/mol. The summed E-state index contributed by atoms with van der Waals surface area (Å²) in [5, 5.41) is 3.44. The molecule has 3 aliphatic rings. The number of hydrogen-bond acceptors (Lipinski definition) is 2. The molecule has 0 unspecified atom stereocenters. The van der Waals surface area contributed by atoms with Gasteiger partial charge < -0.3 is 10.2 Å². The van der Waals surface area contributed by atoms with Gasteiger partial charge in [0.1, 0.15) is 0 Å². The van der Waals surface area contributed by atoms with Crippen LogP contribution in [0.15, 0.2) is 0 Å². The van der Waals surface area contributed by atoms with Gasteiger partial charge in [-0.2, -0.15) is 0 Å². The van der Waals surface area contributed by atoms with Crippen LogP contribution >= 0.6 is 0 Å². The molecule has 0 bridgehead atoms. The molecule has 1 N–H and O–H groups in total. The van der Waals surface area contributed by atoms with Crippen LogP contribution in [0.2, 0.25) is 0 Å². The van der Waals surface area contributed by atoms with Gasteiger partial charge in [0.25, 0.3) is 0 Å². The molecule has 0 aromatic heterocycles. The van der Waals surface area contributed by atoms with E-state index in [1.165, 1.54) is 64.8 Å². The number of nitrogens with zero attached hydrogens (tertiary/aromatic N) is 1. The molecule has 2 heteroatoms. The van der Waals surface area contributed by atoms with Gasteiger partial charge in [0.15, 0.2) is 0 Å². The average molecular weight is 194 g/mol. The van der Waals surface area contributed by atoms with Crippen molar-refractivity contribution < 1.29 is 0 Å². The maximum Gasteiger partial charge on any atom is 0.0108 e. The summed E-state index contributed by atoms with van der Waals surface area (Å²) in [6.45, 7) is 6.41. The third kappa shape index (κ3) is 1.59. The summed E-state index contributed by atoms with van der Waals surface area (Å²) in [7, 11) is 0. The summed E-state index contributed by atoms with van der Waals surface area (Å²) in [5.74, 6) is 1.11. The van der Waals surface area contributed by atoms with Gasteiger partial charge in [0.2, 0.25) is 0 Å². The zero-order valence-electron chi connectivity index (χ0n) is 9.10. The highest BCUT2D eigenvalue weighted by atomic mass is 15.2. The quantitative estimate of drug-likeness (QED) is 0.732. The Labute approximate surface area is 87.0 Å². The summed E-state index contributed by atoms with van der Waals surface area (Å²) in [4.78, 5) is 2.70. The van der Waals surface area contributed by atoms with E-state index in [1.54, 1.807) is 0 Å². The molecule has 0 aromatic carbocycles. The van der Waals surface area contributed by atoms with E-state index in [4.69, 9.17) is 0 Å². The zero-order chi connectivity index (χ0) is 9.43. The summed E-state index contributed by atoms with van der Waals surface area (Å²) >= 11 is 0. The average Bonchev–Trinajstić information content (AvgIpc) is 2.84. The largest absolute Gasteiger partial charge is 0.314 e. The van der Waals surface area contributed by atoms with Gasteiger partial charge in [-0.15, -0.1) is 0 Å². The highest BCUT2D eigenvalue weighted by Crippen LogP contribution is 2.58. The van der Waals surface area contributed by atoms with Crippen LogP contribution in [-0.4, -0.2) is 37.6 Å². The standard InChI is InChI=1S/C12H22N2/c1-2-11(3-1)12(4-5-12)10-14-8-6-13-7-9-14/h11,13H,1-10H2. The summed E-state index contributed by atoms with van der Waals surface area (Å²) in [5.41, 5.74) is 0.801. The van der Waals surface area contributed by atoms with Gasteiger partial charge in [-0.1, -0.05) is 6.42 Å². The van der Waals surface area contributed by atoms with Crippen LogP contribution in [0.4, 0.5) is 0 Å². The minimum Gasteiger partial charge on any atom is -0.314 e. The Hall–Kier alpha value is -0.0800. The third-order valence-electron chi connectivity index (χ3n) is 4.61. The molecule has 1 heterocycles. The minimum absolute atomic E-state index is 0.801. The number of hydrogen-bond donors (Lipinski definition) is 1. The van der Waals surface area contributed by atoms with Crippen molar-refractivity contribution in [2.24, 2.45) is 11.3 Å². The molecular formula is C12H22N2. The number of piperazine rings is 1. The summed E-state index contributed by atoms with van der Waals surface area (Å²) in [6.07, 6.45) is 7.63. The first kappa shape index (κ1) is 9.17. The van der Waals surface area contributed by atoms with Gasteiger partial charge in [-0.3, -0.25) is 0 Å². The highest BCUT2D eigenvalue weighted by Gasteiger charge is 2.51. The van der Waals surface area contributed by atoms with E-state index in [-0.39, 0.29) is 0 Å². The van der Waals surface area contributed by atoms with Gasteiger partial charge in [0.05, 0.1) is 0 Å². The summed E-state index contributed by atoms with van der Waals surface area (Å²) < 4.78 is 0. The Balaban J connectivity index is 1.54. The molecule has 3 fully saturated rings. The van der Waals surface area contributed by atoms with Gasteiger partial charge >= 0.3 is 0 Å². The fourth-order valence-corrected chi connectivity index (χ4v) is 3.19. The SMILES string of the molecule is C1CC(C2(CN3CCNCC3)CC2)C1. The molecule has 2 aliphatic carbocycles. The molecule has 1 aliphatic heterocycles. The molecule has 14 heavy (non-hydrogen) atoms.